The Morgan fingerprint density at radius 1 is 1.35 bits per heavy atom. The maximum Gasteiger partial charge on any atom is 0.409 e. The van der Waals surface area contributed by atoms with E-state index in [-0.39, 0.29) is 6.09 Å². The number of nitrogens with one attached hydrogen (secondary N) is 1. The van der Waals surface area contributed by atoms with E-state index < -0.39 is 0 Å². The molecule has 0 aromatic rings. The SMILES string of the molecule is CCOC(=O)N1CCCC(NCC2CCC2)C1. The van der Waals surface area contributed by atoms with Gasteiger partial charge in [-0.2, -0.15) is 0 Å². The number of nitrogens with zero attached hydrogens (tertiary/aromatic N) is 1. The maximum atomic E-state index is 11.6. The van der Waals surface area contributed by atoms with Crippen molar-refractivity contribution in [3.63, 3.8) is 0 Å². The summed E-state index contributed by atoms with van der Waals surface area (Å²) in [6.45, 7) is 5.11. The second-order valence-corrected chi connectivity index (χ2v) is 5.19. The maximum absolute atomic E-state index is 11.6. The monoisotopic (exact) mass is 240 g/mol. The van der Waals surface area contributed by atoms with Crippen molar-refractivity contribution >= 4 is 6.09 Å². The molecule has 1 aliphatic heterocycles. The highest BCUT2D eigenvalue weighted by atomic mass is 16.6. The molecule has 1 unspecified atom stereocenters. The van der Waals surface area contributed by atoms with Gasteiger partial charge in [0.2, 0.25) is 0 Å². The minimum absolute atomic E-state index is 0.150. The van der Waals surface area contributed by atoms with E-state index in [0.717, 1.165) is 32.0 Å². The Labute approximate surface area is 104 Å². The largest absolute Gasteiger partial charge is 0.450 e. The van der Waals surface area contributed by atoms with Gasteiger partial charge in [-0.25, -0.2) is 4.79 Å². The van der Waals surface area contributed by atoms with Gasteiger partial charge < -0.3 is 15.0 Å². The number of carbonyl (C=O) groups is 1. The van der Waals surface area contributed by atoms with Crippen LogP contribution in [0.25, 0.3) is 0 Å². The molecule has 0 spiro atoms. The van der Waals surface area contributed by atoms with Crippen LogP contribution in [0.2, 0.25) is 0 Å². The third-order valence-corrected chi connectivity index (χ3v) is 3.87. The molecule has 1 saturated carbocycles. The number of amides is 1. The van der Waals surface area contributed by atoms with Gasteiger partial charge in [-0.15, -0.1) is 0 Å². The highest BCUT2D eigenvalue weighted by Gasteiger charge is 2.25. The molecule has 0 radical (unpaired) electrons. The summed E-state index contributed by atoms with van der Waals surface area (Å²) < 4.78 is 5.05. The van der Waals surface area contributed by atoms with E-state index >= 15 is 0 Å². The molecule has 2 aliphatic rings. The zero-order valence-corrected chi connectivity index (χ0v) is 10.8. The fraction of sp³-hybridized carbons (Fsp3) is 0.923. The molecule has 4 heteroatoms. The van der Waals surface area contributed by atoms with E-state index in [4.69, 9.17) is 4.74 Å². The number of ether oxygens (including phenoxy) is 1. The fourth-order valence-electron chi connectivity index (χ4n) is 2.55. The van der Waals surface area contributed by atoms with Crippen LogP contribution in [0.5, 0.6) is 0 Å². The highest BCUT2D eigenvalue weighted by molar-refractivity contribution is 5.67. The Kier molecular flexibility index (Phi) is 4.66. The molecular formula is C13H24N2O2. The first kappa shape index (κ1) is 12.7. The van der Waals surface area contributed by atoms with Crippen molar-refractivity contribution in [2.75, 3.05) is 26.2 Å². The Morgan fingerprint density at radius 3 is 2.82 bits per heavy atom. The van der Waals surface area contributed by atoms with Crippen molar-refractivity contribution in [2.45, 2.75) is 45.1 Å². The van der Waals surface area contributed by atoms with Gasteiger partial charge in [0.05, 0.1) is 6.61 Å². The lowest BCUT2D eigenvalue weighted by Crippen LogP contribution is -2.49. The van der Waals surface area contributed by atoms with Gasteiger partial charge >= 0.3 is 6.09 Å². The van der Waals surface area contributed by atoms with Gasteiger partial charge in [0.15, 0.2) is 0 Å². The van der Waals surface area contributed by atoms with Gasteiger partial charge in [0.25, 0.3) is 0 Å². The zero-order valence-electron chi connectivity index (χ0n) is 10.8. The summed E-state index contributed by atoms with van der Waals surface area (Å²) in [5.41, 5.74) is 0. The normalized spacial score (nSPS) is 25.5. The smallest absolute Gasteiger partial charge is 0.409 e. The van der Waals surface area contributed by atoms with Crippen LogP contribution in [-0.4, -0.2) is 43.3 Å². The first-order valence-corrected chi connectivity index (χ1v) is 6.94. The number of rotatable bonds is 4. The summed E-state index contributed by atoms with van der Waals surface area (Å²) in [5.74, 6) is 0.882. The van der Waals surface area contributed by atoms with Crippen LogP contribution >= 0.6 is 0 Å². The predicted molar refractivity (Wildman–Crippen MR) is 67.0 cm³/mol. The molecule has 0 aromatic carbocycles. The summed E-state index contributed by atoms with van der Waals surface area (Å²) in [7, 11) is 0. The average Bonchev–Trinajstić information content (AvgIpc) is 2.28. The summed E-state index contributed by atoms with van der Waals surface area (Å²) >= 11 is 0. The molecule has 4 nitrogen and oxygen atoms in total. The molecule has 0 bridgehead atoms. The number of hydrogen-bond donors (Lipinski definition) is 1. The van der Waals surface area contributed by atoms with Crippen LogP contribution in [0.1, 0.15) is 39.0 Å². The van der Waals surface area contributed by atoms with E-state index in [9.17, 15) is 4.79 Å². The minimum atomic E-state index is -0.150. The van der Waals surface area contributed by atoms with Gasteiger partial charge in [-0.1, -0.05) is 6.42 Å². The second-order valence-electron chi connectivity index (χ2n) is 5.19. The molecule has 1 amide bonds. The molecule has 1 atom stereocenters. The standard InChI is InChI=1S/C13H24N2O2/c1-2-17-13(16)15-8-4-7-12(10-15)14-9-11-5-3-6-11/h11-12,14H,2-10H2,1H3. The van der Waals surface area contributed by atoms with Crippen molar-refractivity contribution in [3.8, 4) is 0 Å². The van der Waals surface area contributed by atoms with E-state index in [1.807, 2.05) is 11.8 Å². The van der Waals surface area contributed by atoms with Crippen LogP contribution in [0.4, 0.5) is 4.79 Å². The third kappa shape index (κ3) is 3.60. The Bertz CT molecular complexity index is 254. The first-order chi connectivity index (χ1) is 8.29. The molecule has 2 fully saturated rings. The molecule has 1 heterocycles. The minimum Gasteiger partial charge on any atom is -0.450 e. The van der Waals surface area contributed by atoms with Gasteiger partial charge in [-0.3, -0.25) is 0 Å². The van der Waals surface area contributed by atoms with Crippen LogP contribution < -0.4 is 5.32 Å². The lowest BCUT2D eigenvalue weighted by molar-refractivity contribution is 0.0918. The fourth-order valence-corrected chi connectivity index (χ4v) is 2.55. The molecule has 1 saturated heterocycles. The van der Waals surface area contributed by atoms with E-state index in [1.54, 1.807) is 0 Å². The van der Waals surface area contributed by atoms with Crippen LogP contribution in [0.15, 0.2) is 0 Å². The van der Waals surface area contributed by atoms with E-state index in [0.29, 0.717) is 12.6 Å². The zero-order chi connectivity index (χ0) is 12.1. The van der Waals surface area contributed by atoms with Crippen LogP contribution in [-0.2, 0) is 4.74 Å². The topological polar surface area (TPSA) is 41.6 Å². The Morgan fingerprint density at radius 2 is 2.18 bits per heavy atom. The van der Waals surface area contributed by atoms with Gasteiger partial charge in [-0.05, 0) is 45.1 Å². The number of piperidine rings is 1. The quantitative estimate of drug-likeness (QED) is 0.817. The first-order valence-electron chi connectivity index (χ1n) is 6.94. The molecule has 0 aromatic heterocycles. The highest BCUT2D eigenvalue weighted by Crippen LogP contribution is 2.25. The number of carbonyl (C=O) groups excluding carboxylic acids is 1. The average molecular weight is 240 g/mol. The lowest BCUT2D eigenvalue weighted by Gasteiger charge is -2.34. The predicted octanol–water partition coefficient (Wildman–Crippen LogP) is 2.00. The van der Waals surface area contributed by atoms with Crippen LogP contribution in [0.3, 0.4) is 0 Å². The van der Waals surface area contributed by atoms with E-state index in [2.05, 4.69) is 5.32 Å². The number of likely N-dealkylation sites (tertiary alicyclic amines) is 1. The summed E-state index contributed by atoms with van der Waals surface area (Å²) in [6.07, 6.45) is 6.26. The van der Waals surface area contributed by atoms with E-state index in [1.165, 1.54) is 25.7 Å². The summed E-state index contributed by atoms with van der Waals surface area (Å²) in [6, 6.07) is 0.466. The lowest BCUT2D eigenvalue weighted by atomic mass is 9.85. The van der Waals surface area contributed by atoms with Crippen molar-refractivity contribution < 1.29 is 9.53 Å². The van der Waals surface area contributed by atoms with Crippen LogP contribution in [0, 0.1) is 5.92 Å². The van der Waals surface area contributed by atoms with Gasteiger partial charge in [0.1, 0.15) is 0 Å². The summed E-state index contributed by atoms with van der Waals surface area (Å²) in [4.78, 5) is 13.5. The molecule has 2 rings (SSSR count). The summed E-state index contributed by atoms with van der Waals surface area (Å²) in [5, 5.41) is 3.60. The second kappa shape index (κ2) is 6.24. The third-order valence-electron chi connectivity index (χ3n) is 3.87. The Hall–Kier alpha value is -0.770. The Balaban J connectivity index is 1.69. The molecule has 17 heavy (non-hydrogen) atoms. The molecule has 1 N–H and O–H groups in total. The van der Waals surface area contributed by atoms with Gasteiger partial charge in [0, 0.05) is 19.1 Å². The van der Waals surface area contributed by atoms with Crippen molar-refractivity contribution in [2.24, 2.45) is 5.92 Å². The molecule has 1 aliphatic carbocycles. The molecular weight excluding hydrogens is 216 g/mol. The number of hydrogen-bond acceptors (Lipinski definition) is 3. The van der Waals surface area contributed by atoms with Crippen molar-refractivity contribution in [3.05, 3.63) is 0 Å². The van der Waals surface area contributed by atoms with Crippen molar-refractivity contribution in [1.82, 2.24) is 10.2 Å². The van der Waals surface area contributed by atoms with Crippen molar-refractivity contribution in [1.29, 1.82) is 0 Å². The molecule has 98 valence electrons.